The van der Waals surface area contributed by atoms with Gasteiger partial charge in [-0.25, -0.2) is 4.98 Å². The Morgan fingerprint density at radius 1 is 1.06 bits per heavy atom. The van der Waals surface area contributed by atoms with E-state index in [1.54, 1.807) is 41.7 Å². The zero-order valence-electron chi connectivity index (χ0n) is 19.5. The van der Waals surface area contributed by atoms with Crippen molar-refractivity contribution in [3.8, 4) is 0 Å². The van der Waals surface area contributed by atoms with Crippen molar-refractivity contribution in [1.82, 2.24) is 20.7 Å². The number of ether oxygens (including phenoxy) is 3. The molecule has 1 aliphatic rings. The molecular formula is C23H29ClN4O6S. The maximum atomic E-state index is 12.4. The Labute approximate surface area is 212 Å². The molecule has 0 spiro atoms. The number of nitrogens with one attached hydrogen (secondary N) is 2. The summed E-state index contributed by atoms with van der Waals surface area (Å²) in [6.07, 6.45) is 1.51. The van der Waals surface area contributed by atoms with E-state index in [1.807, 2.05) is 0 Å². The second kappa shape index (κ2) is 14.1. The second-order valence-electron chi connectivity index (χ2n) is 7.77. The number of likely N-dealkylation sites (tertiary alicyclic amines) is 1. The van der Waals surface area contributed by atoms with Gasteiger partial charge < -0.3 is 19.1 Å². The Morgan fingerprint density at radius 3 is 2.49 bits per heavy atom. The minimum atomic E-state index is -0.515. The fourth-order valence-electron chi connectivity index (χ4n) is 3.46. The van der Waals surface area contributed by atoms with Gasteiger partial charge in [0, 0.05) is 31.5 Å². The maximum Gasteiger partial charge on any atom is 0.289 e. The van der Waals surface area contributed by atoms with Crippen LogP contribution in [0.4, 0.5) is 0 Å². The summed E-state index contributed by atoms with van der Waals surface area (Å²) in [6.45, 7) is 3.03. The average molecular weight is 525 g/mol. The highest BCUT2D eigenvalue weighted by Gasteiger charge is 2.26. The van der Waals surface area contributed by atoms with Crippen molar-refractivity contribution < 1.29 is 28.6 Å². The molecule has 2 aromatic rings. The van der Waals surface area contributed by atoms with Crippen molar-refractivity contribution in [1.29, 1.82) is 0 Å². The van der Waals surface area contributed by atoms with E-state index < -0.39 is 11.8 Å². The maximum absolute atomic E-state index is 12.4. The summed E-state index contributed by atoms with van der Waals surface area (Å²) < 4.78 is 15.6. The molecule has 1 saturated heterocycles. The van der Waals surface area contributed by atoms with Crippen LogP contribution in [-0.2, 0) is 19.0 Å². The lowest BCUT2D eigenvalue weighted by Crippen LogP contribution is -2.42. The van der Waals surface area contributed by atoms with Crippen LogP contribution in [0.5, 0.6) is 0 Å². The molecule has 10 nitrogen and oxygen atoms in total. The first-order valence-corrected chi connectivity index (χ1v) is 12.5. The molecule has 1 aliphatic heterocycles. The van der Waals surface area contributed by atoms with Crippen LogP contribution in [0.25, 0.3) is 0 Å². The average Bonchev–Trinajstić information content (AvgIpc) is 3.37. The van der Waals surface area contributed by atoms with Crippen LogP contribution in [0.2, 0.25) is 5.02 Å². The third-order valence-electron chi connectivity index (χ3n) is 5.39. The zero-order chi connectivity index (χ0) is 25.0. The van der Waals surface area contributed by atoms with E-state index in [-0.39, 0.29) is 29.7 Å². The number of carbonyl (C=O) groups is 3. The summed E-state index contributed by atoms with van der Waals surface area (Å²) in [5.74, 6) is -0.907. The third kappa shape index (κ3) is 8.25. The Morgan fingerprint density at radius 2 is 1.74 bits per heavy atom. The van der Waals surface area contributed by atoms with Gasteiger partial charge in [0.2, 0.25) is 5.91 Å². The van der Waals surface area contributed by atoms with E-state index in [2.05, 4.69) is 15.8 Å². The number of aromatic nitrogens is 1. The molecule has 0 saturated carbocycles. The molecule has 1 aromatic heterocycles. The lowest BCUT2D eigenvalue weighted by molar-refractivity contribution is -0.137. The number of rotatable bonds is 11. The number of nitrogens with zero attached hydrogens (tertiary/aromatic N) is 2. The van der Waals surface area contributed by atoms with Gasteiger partial charge in [-0.05, 0) is 25.0 Å². The molecule has 3 amide bonds. The first-order valence-electron chi connectivity index (χ1n) is 11.2. The molecule has 3 rings (SSSR count). The first-order chi connectivity index (χ1) is 17.0. The molecular weight excluding hydrogens is 496 g/mol. The number of hydrogen-bond donors (Lipinski definition) is 2. The molecule has 190 valence electrons. The number of carbonyl (C=O) groups excluding carboxylic acids is 3. The number of thiazole rings is 1. The molecule has 35 heavy (non-hydrogen) atoms. The van der Waals surface area contributed by atoms with Crippen LogP contribution in [0.3, 0.4) is 0 Å². The van der Waals surface area contributed by atoms with Crippen molar-refractivity contribution in [2.45, 2.75) is 18.8 Å². The van der Waals surface area contributed by atoms with Gasteiger partial charge in [0.05, 0.1) is 42.0 Å². The van der Waals surface area contributed by atoms with Crippen LogP contribution in [0, 0.1) is 0 Å². The molecule has 0 radical (unpaired) electrons. The van der Waals surface area contributed by atoms with Crippen molar-refractivity contribution in [2.75, 3.05) is 53.2 Å². The Kier molecular flexibility index (Phi) is 10.9. The van der Waals surface area contributed by atoms with Crippen LogP contribution in [0.15, 0.2) is 29.6 Å². The molecule has 0 bridgehead atoms. The molecule has 2 N–H and O–H groups in total. The predicted molar refractivity (Wildman–Crippen MR) is 131 cm³/mol. The lowest BCUT2D eigenvalue weighted by atomic mass is 9.97. The van der Waals surface area contributed by atoms with Crippen LogP contribution < -0.4 is 10.9 Å². The fourth-order valence-corrected chi connectivity index (χ4v) is 4.65. The van der Waals surface area contributed by atoms with Crippen LogP contribution in [-0.4, -0.2) is 80.8 Å². The Hall–Kier alpha value is -2.57. The van der Waals surface area contributed by atoms with Crippen LogP contribution >= 0.6 is 22.9 Å². The van der Waals surface area contributed by atoms with Gasteiger partial charge in [-0.3, -0.25) is 25.2 Å². The van der Waals surface area contributed by atoms with Gasteiger partial charge in [0.25, 0.3) is 11.8 Å². The summed E-state index contributed by atoms with van der Waals surface area (Å²) >= 11 is 7.39. The second-order valence-corrected chi connectivity index (χ2v) is 9.07. The van der Waals surface area contributed by atoms with Gasteiger partial charge in [0.15, 0.2) is 0 Å². The number of hydrogen-bond acceptors (Lipinski definition) is 8. The van der Waals surface area contributed by atoms with E-state index in [0.29, 0.717) is 44.5 Å². The molecule has 2 heterocycles. The molecule has 12 heteroatoms. The number of hydrazine groups is 1. The normalized spacial score (nSPS) is 14.1. The largest absolute Gasteiger partial charge is 0.382 e. The van der Waals surface area contributed by atoms with Gasteiger partial charge in [-0.1, -0.05) is 23.7 Å². The van der Waals surface area contributed by atoms with Gasteiger partial charge in [-0.15, -0.1) is 11.3 Å². The van der Waals surface area contributed by atoms with Gasteiger partial charge in [0.1, 0.15) is 12.3 Å². The molecule has 0 unspecified atom stereocenters. The van der Waals surface area contributed by atoms with E-state index in [0.717, 1.165) is 17.8 Å². The van der Waals surface area contributed by atoms with Crippen LogP contribution in [0.1, 0.15) is 44.6 Å². The number of methoxy groups -OCH3 is 1. The standard InChI is InChI=1S/C23H29ClN4O6S/c1-32-10-11-33-12-13-34-14-20(29)28-8-6-16(7-9-28)23-25-19(15-35-23)22(31)27-26-21(30)17-4-2-3-5-18(17)24/h2-5,15-16H,6-14H2,1H3,(H,26,30)(H,27,31). The number of amides is 3. The number of halogens is 1. The van der Waals surface area contributed by atoms with E-state index >= 15 is 0 Å². The summed E-state index contributed by atoms with van der Waals surface area (Å²) in [5, 5.41) is 2.79. The Bertz CT molecular complexity index is 996. The van der Waals surface area contributed by atoms with Crippen molar-refractivity contribution in [3.63, 3.8) is 0 Å². The summed E-state index contributed by atoms with van der Waals surface area (Å²) in [7, 11) is 1.61. The van der Waals surface area contributed by atoms with E-state index in [4.69, 9.17) is 25.8 Å². The van der Waals surface area contributed by atoms with Gasteiger partial charge in [-0.2, -0.15) is 0 Å². The quantitative estimate of drug-likeness (QED) is 0.342. The summed E-state index contributed by atoms with van der Waals surface area (Å²) in [4.78, 5) is 43.2. The molecule has 0 aliphatic carbocycles. The van der Waals surface area contributed by atoms with Crippen molar-refractivity contribution in [2.24, 2.45) is 0 Å². The highest BCUT2D eigenvalue weighted by molar-refractivity contribution is 7.09. The van der Waals surface area contributed by atoms with Crippen molar-refractivity contribution in [3.05, 3.63) is 50.9 Å². The monoisotopic (exact) mass is 524 g/mol. The van der Waals surface area contributed by atoms with E-state index in [9.17, 15) is 14.4 Å². The highest BCUT2D eigenvalue weighted by atomic mass is 35.5. The minimum absolute atomic E-state index is 0.0276. The summed E-state index contributed by atoms with van der Waals surface area (Å²) in [5.41, 5.74) is 5.20. The molecule has 1 fully saturated rings. The highest BCUT2D eigenvalue weighted by Crippen LogP contribution is 2.30. The Balaban J connectivity index is 1.38. The SMILES string of the molecule is COCCOCCOCC(=O)N1CCC(c2nc(C(=O)NNC(=O)c3ccccc3Cl)cs2)CC1. The summed E-state index contributed by atoms with van der Waals surface area (Å²) in [6, 6.07) is 6.55. The fraction of sp³-hybridized carbons (Fsp3) is 0.478. The topological polar surface area (TPSA) is 119 Å². The predicted octanol–water partition coefficient (Wildman–Crippen LogP) is 2.26. The smallest absolute Gasteiger partial charge is 0.289 e. The molecule has 0 atom stereocenters. The van der Waals surface area contributed by atoms with Crippen molar-refractivity contribution >= 4 is 40.7 Å². The lowest BCUT2D eigenvalue weighted by Gasteiger charge is -2.31. The first kappa shape index (κ1) is 27.0. The van der Waals surface area contributed by atoms with E-state index in [1.165, 1.54) is 11.3 Å². The number of benzene rings is 1. The third-order valence-corrected chi connectivity index (χ3v) is 6.73. The zero-order valence-corrected chi connectivity index (χ0v) is 21.0. The minimum Gasteiger partial charge on any atom is -0.382 e. The number of piperidine rings is 1. The molecule has 1 aromatic carbocycles. The van der Waals surface area contributed by atoms with Gasteiger partial charge >= 0.3 is 0 Å².